The number of hydrogen-bond donors (Lipinski definition) is 2. The van der Waals surface area contributed by atoms with Gasteiger partial charge >= 0.3 is 5.97 Å². The Morgan fingerprint density at radius 3 is 2.56 bits per heavy atom. The number of carbonyl (C=O) groups excluding carboxylic acids is 2. The van der Waals surface area contributed by atoms with Crippen LogP contribution in [0.1, 0.15) is 33.5 Å². The molecule has 2 N–H and O–H groups in total. The van der Waals surface area contributed by atoms with Crippen molar-refractivity contribution < 1.29 is 19.5 Å². The van der Waals surface area contributed by atoms with Gasteiger partial charge in [-0.15, -0.1) is 0 Å². The molecule has 1 unspecified atom stereocenters. The number of nitrogens with one attached hydrogen (secondary N) is 1. The predicted molar refractivity (Wildman–Crippen MR) is 103 cm³/mol. The first kappa shape index (κ1) is 18.6. The molecule has 0 aliphatic carbocycles. The molecule has 0 radical (unpaired) electrons. The van der Waals surface area contributed by atoms with Crippen molar-refractivity contribution >= 4 is 29.2 Å². The number of rotatable bonds is 4. The Morgan fingerprint density at radius 2 is 1.85 bits per heavy atom. The van der Waals surface area contributed by atoms with Gasteiger partial charge in [0, 0.05) is 24.3 Å². The zero-order chi connectivity index (χ0) is 19.7. The summed E-state index contributed by atoms with van der Waals surface area (Å²) in [6.45, 7) is 6.06. The van der Waals surface area contributed by atoms with Gasteiger partial charge in [-0.05, 0) is 55.7 Å². The Labute approximate surface area is 157 Å². The van der Waals surface area contributed by atoms with Crippen molar-refractivity contribution in [1.29, 1.82) is 0 Å². The summed E-state index contributed by atoms with van der Waals surface area (Å²) in [5, 5.41) is 11.9. The van der Waals surface area contributed by atoms with E-state index in [1.807, 2.05) is 32.0 Å². The van der Waals surface area contributed by atoms with E-state index in [2.05, 4.69) is 5.32 Å². The Morgan fingerprint density at radius 1 is 1.11 bits per heavy atom. The zero-order valence-corrected chi connectivity index (χ0v) is 15.6. The third-order valence-corrected chi connectivity index (χ3v) is 5.11. The predicted octanol–water partition coefficient (Wildman–Crippen LogP) is 3.30. The van der Waals surface area contributed by atoms with Crippen LogP contribution in [-0.2, 0) is 9.59 Å². The van der Waals surface area contributed by atoms with Gasteiger partial charge in [0.05, 0.1) is 11.5 Å². The summed E-state index contributed by atoms with van der Waals surface area (Å²) in [4.78, 5) is 38.0. The van der Waals surface area contributed by atoms with Crippen molar-refractivity contribution in [3.8, 4) is 0 Å². The number of aromatic carboxylic acids is 1. The van der Waals surface area contributed by atoms with Crippen LogP contribution in [0.5, 0.6) is 0 Å². The van der Waals surface area contributed by atoms with Gasteiger partial charge in [0.15, 0.2) is 0 Å². The van der Waals surface area contributed by atoms with Crippen LogP contribution in [-0.4, -0.2) is 29.4 Å². The molecule has 6 heteroatoms. The molecule has 1 fully saturated rings. The summed E-state index contributed by atoms with van der Waals surface area (Å²) in [6.07, 6.45) is 0.136. The first-order chi connectivity index (χ1) is 12.8. The van der Waals surface area contributed by atoms with E-state index in [9.17, 15) is 14.4 Å². The number of aryl methyl sites for hydroxylation is 2. The lowest BCUT2D eigenvalue weighted by Gasteiger charge is -2.20. The second-order valence-electron chi connectivity index (χ2n) is 6.95. The first-order valence-corrected chi connectivity index (χ1v) is 8.79. The molecule has 1 heterocycles. The molecular formula is C21H22N2O4. The molecule has 2 amide bonds. The van der Waals surface area contributed by atoms with Gasteiger partial charge in [0.25, 0.3) is 0 Å². The summed E-state index contributed by atoms with van der Waals surface area (Å²) >= 11 is 0. The minimum absolute atomic E-state index is 0.0835. The summed E-state index contributed by atoms with van der Waals surface area (Å²) in [6, 6.07) is 10.4. The van der Waals surface area contributed by atoms with Crippen molar-refractivity contribution in [2.45, 2.75) is 27.2 Å². The fourth-order valence-corrected chi connectivity index (χ4v) is 3.27. The Kier molecular flexibility index (Phi) is 4.99. The van der Waals surface area contributed by atoms with Crippen molar-refractivity contribution in [3.05, 3.63) is 58.7 Å². The van der Waals surface area contributed by atoms with Gasteiger partial charge < -0.3 is 15.3 Å². The third-order valence-electron chi connectivity index (χ3n) is 5.11. The van der Waals surface area contributed by atoms with E-state index in [-0.39, 0.29) is 23.8 Å². The van der Waals surface area contributed by atoms with Crippen molar-refractivity contribution in [2.24, 2.45) is 5.92 Å². The fraction of sp³-hybridized carbons (Fsp3) is 0.286. The lowest BCUT2D eigenvalue weighted by molar-refractivity contribution is -0.122. The highest BCUT2D eigenvalue weighted by molar-refractivity contribution is 6.04. The lowest BCUT2D eigenvalue weighted by atomic mass is 10.1. The number of nitrogens with zero attached hydrogens (tertiary/aromatic N) is 1. The standard InChI is InChI=1S/C21H22N2O4/c1-12-5-4-6-18(14(12)3)23-11-16(10-19(23)24)20(25)22-17-9-15(21(26)27)8-7-13(17)2/h4-9,16H,10-11H2,1-3H3,(H,22,25)(H,26,27). The molecule has 0 aromatic heterocycles. The summed E-state index contributed by atoms with van der Waals surface area (Å²) < 4.78 is 0. The molecule has 1 aliphatic rings. The minimum atomic E-state index is -1.05. The number of carboxylic acid groups (broad SMARTS) is 1. The molecule has 1 saturated heterocycles. The highest BCUT2D eigenvalue weighted by Crippen LogP contribution is 2.30. The maximum atomic E-state index is 12.7. The van der Waals surface area contributed by atoms with E-state index in [4.69, 9.17) is 5.11 Å². The lowest BCUT2D eigenvalue weighted by Crippen LogP contribution is -2.28. The average Bonchev–Trinajstić information content (AvgIpc) is 3.01. The second-order valence-corrected chi connectivity index (χ2v) is 6.95. The quantitative estimate of drug-likeness (QED) is 0.869. The van der Waals surface area contributed by atoms with E-state index < -0.39 is 11.9 Å². The van der Waals surface area contributed by atoms with E-state index in [1.165, 1.54) is 12.1 Å². The molecule has 0 bridgehead atoms. The number of hydrogen-bond acceptors (Lipinski definition) is 3. The summed E-state index contributed by atoms with van der Waals surface area (Å²) in [7, 11) is 0. The van der Waals surface area contributed by atoms with Crippen molar-refractivity contribution in [3.63, 3.8) is 0 Å². The van der Waals surface area contributed by atoms with Crippen molar-refractivity contribution in [2.75, 3.05) is 16.8 Å². The van der Waals surface area contributed by atoms with Gasteiger partial charge in [-0.1, -0.05) is 18.2 Å². The number of benzene rings is 2. The second kappa shape index (κ2) is 7.23. The number of anilines is 2. The van der Waals surface area contributed by atoms with E-state index in [0.29, 0.717) is 12.2 Å². The normalized spacial score (nSPS) is 16.5. The monoisotopic (exact) mass is 366 g/mol. The third kappa shape index (κ3) is 3.69. The van der Waals surface area contributed by atoms with Gasteiger partial charge in [0.1, 0.15) is 0 Å². The van der Waals surface area contributed by atoms with Crippen LogP contribution < -0.4 is 10.2 Å². The van der Waals surface area contributed by atoms with E-state index in [1.54, 1.807) is 17.9 Å². The molecule has 1 atom stereocenters. The van der Waals surface area contributed by atoms with Gasteiger partial charge in [-0.25, -0.2) is 4.79 Å². The Hall–Kier alpha value is -3.15. The molecule has 0 saturated carbocycles. The SMILES string of the molecule is Cc1ccc(C(=O)O)cc1NC(=O)C1CC(=O)N(c2cccc(C)c2C)C1. The molecule has 2 aromatic carbocycles. The maximum absolute atomic E-state index is 12.7. The number of carbonyl (C=O) groups is 3. The molecule has 0 spiro atoms. The molecule has 6 nitrogen and oxygen atoms in total. The summed E-state index contributed by atoms with van der Waals surface area (Å²) in [5.41, 5.74) is 4.28. The average molecular weight is 366 g/mol. The molecule has 3 rings (SSSR count). The zero-order valence-electron chi connectivity index (χ0n) is 15.6. The van der Waals surface area contributed by atoms with Crippen LogP contribution in [0.2, 0.25) is 0 Å². The van der Waals surface area contributed by atoms with Crippen molar-refractivity contribution in [1.82, 2.24) is 0 Å². The van der Waals surface area contributed by atoms with E-state index in [0.717, 1.165) is 22.4 Å². The van der Waals surface area contributed by atoms with Crippen LogP contribution in [0.25, 0.3) is 0 Å². The van der Waals surface area contributed by atoms with Gasteiger partial charge in [-0.2, -0.15) is 0 Å². The van der Waals surface area contributed by atoms with Crippen LogP contribution in [0.15, 0.2) is 36.4 Å². The summed E-state index contributed by atoms with van der Waals surface area (Å²) in [5.74, 6) is -1.89. The van der Waals surface area contributed by atoms with Crippen LogP contribution in [0.4, 0.5) is 11.4 Å². The Bertz CT molecular complexity index is 936. The minimum Gasteiger partial charge on any atom is -0.478 e. The maximum Gasteiger partial charge on any atom is 0.335 e. The van der Waals surface area contributed by atoms with Crippen LogP contribution in [0.3, 0.4) is 0 Å². The van der Waals surface area contributed by atoms with Gasteiger partial charge in [-0.3, -0.25) is 9.59 Å². The highest BCUT2D eigenvalue weighted by atomic mass is 16.4. The first-order valence-electron chi connectivity index (χ1n) is 8.79. The fourth-order valence-electron chi connectivity index (χ4n) is 3.27. The number of carboxylic acids is 1. The molecular weight excluding hydrogens is 344 g/mol. The van der Waals surface area contributed by atoms with Crippen LogP contribution >= 0.6 is 0 Å². The highest BCUT2D eigenvalue weighted by Gasteiger charge is 2.36. The van der Waals surface area contributed by atoms with Gasteiger partial charge in [0.2, 0.25) is 11.8 Å². The van der Waals surface area contributed by atoms with E-state index >= 15 is 0 Å². The van der Waals surface area contributed by atoms with Crippen LogP contribution in [0, 0.1) is 26.7 Å². The molecule has 140 valence electrons. The Balaban J connectivity index is 1.78. The molecule has 2 aromatic rings. The number of amides is 2. The largest absolute Gasteiger partial charge is 0.478 e. The molecule has 1 aliphatic heterocycles. The topological polar surface area (TPSA) is 86.7 Å². The smallest absolute Gasteiger partial charge is 0.335 e. The molecule has 27 heavy (non-hydrogen) atoms.